The van der Waals surface area contributed by atoms with Gasteiger partial charge in [0.05, 0.1) is 6.21 Å². The van der Waals surface area contributed by atoms with Gasteiger partial charge in [-0.25, -0.2) is 5.43 Å². The van der Waals surface area contributed by atoms with Crippen molar-refractivity contribution in [2.45, 2.75) is 26.9 Å². The molecular weight excluding hydrogens is 394 g/mol. The largest absolute Gasteiger partial charge is 0.363 e. The molecule has 4 aromatic rings. The maximum absolute atomic E-state index is 12.6. The highest BCUT2D eigenvalue weighted by Gasteiger charge is 2.19. The average molecular weight is 420 g/mol. The van der Waals surface area contributed by atoms with E-state index in [2.05, 4.69) is 53.5 Å². The number of benzene rings is 4. The monoisotopic (exact) mass is 419 g/mol. The van der Waals surface area contributed by atoms with Gasteiger partial charge in [0.25, 0.3) is 5.91 Å². The molecule has 0 bridgehead atoms. The second-order valence-corrected chi connectivity index (χ2v) is 8.38. The number of amides is 1. The summed E-state index contributed by atoms with van der Waals surface area (Å²) in [7, 11) is 0. The zero-order valence-electron chi connectivity index (χ0n) is 18.3. The molecule has 1 aliphatic heterocycles. The lowest BCUT2D eigenvalue weighted by Gasteiger charge is -2.17. The van der Waals surface area contributed by atoms with Gasteiger partial charge in [0.15, 0.2) is 0 Å². The van der Waals surface area contributed by atoms with Crippen molar-refractivity contribution in [3.05, 3.63) is 112 Å². The van der Waals surface area contributed by atoms with Crippen molar-refractivity contribution in [3.63, 3.8) is 0 Å². The molecule has 1 N–H and O–H groups in total. The minimum Gasteiger partial charge on any atom is -0.363 e. The van der Waals surface area contributed by atoms with Gasteiger partial charge in [-0.3, -0.25) is 4.79 Å². The third-order valence-electron chi connectivity index (χ3n) is 6.21. The SMILES string of the molecule is Cc1cc2c(cc1C)CN(c1ccc(/C=N\NC(=O)c3cccc4ccccc34)cc1)C2. The van der Waals surface area contributed by atoms with Crippen molar-refractivity contribution in [1.29, 1.82) is 0 Å². The summed E-state index contributed by atoms with van der Waals surface area (Å²) in [6, 6.07) is 26.5. The van der Waals surface area contributed by atoms with Crippen molar-refractivity contribution in [3.8, 4) is 0 Å². The van der Waals surface area contributed by atoms with Gasteiger partial charge in [-0.1, -0.05) is 60.7 Å². The number of carbonyl (C=O) groups excluding carboxylic acids is 1. The number of fused-ring (bicyclic) bond motifs is 2. The summed E-state index contributed by atoms with van der Waals surface area (Å²) in [6.07, 6.45) is 1.68. The number of hydrogen-bond donors (Lipinski definition) is 1. The Labute approximate surface area is 188 Å². The average Bonchev–Trinajstić information content (AvgIpc) is 3.22. The smallest absolute Gasteiger partial charge is 0.271 e. The molecule has 0 aromatic heterocycles. The summed E-state index contributed by atoms with van der Waals surface area (Å²) < 4.78 is 0. The Kier molecular flexibility index (Phi) is 5.20. The van der Waals surface area contributed by atoms with Gasteiger partial charge in [0.1, 0.15) is 0 Å². The van der Waals surface area contributed by atoms with E-state index in [1.165, 1.54) is 27.9 Å². The van der Waals surface area contributed by atoms with Crippen LogP contribution in [0.1, 0.15) is 38.2 Å². The molecule has 0 spiro atoms. The van der Waals surface area contributed by atoms with Crippen LogP contribution in [-0.4, -0.2) is 12.1 Å². The van der Waals surface area contributed by atoms with Crippen LogP contribution in [0.5, 0.6) is 0 Å². The first kappa shape index (κ1) is 20.0. The predicted molar refractivity (Wildman–Crippen MR) is 131 cm³/mol. The molecule has 5 rings (SSSR count). The first-order valence-corrected chi connectivity index (χ1v) is 10.8. The quantitative estimate of drug-likeness (QED) is 0.339. The topological polar surface area (TPSA) is 44.7 Å². The molecule has 0 atom stereocenters. The van der Waals surface area contributed by atoms with Crippen LogP contribution in [0.25, 0.3) is 10.8 Å². The molecule has 4 nitrogen and oxygen atoms in total. The molecule has 4 aromatic carbocycles. The standard InChI is InChI=1S/C28H25N3O/c1-19-14-23-17-31(18-24(23)15-20(19)2)25-12-10-21(11-13-25)16-29-30-28(32)27-9-5-7-22-6-3-4-8-26(22)27/h3-16H,17-18H2,1-2H3,(H,30,32)/b29-16-. The fourth-order valence-corrected chi connectivity index (χ4v) is 4.30. The normalized spacial score (nSPS) is 13.0. The highest BCUT2D eigenvalue weighted by atomic mass is 16.2. The maximum Gasteiger partial charge on any atom is 0.271 e. The molecule has 1 amide bonds. The fraction of sp³-hybridized carbons (Fsp3) is 0.143. The minimum atomic E-state index is -0.213. The summed E-state index contributed by atoms with van der Waals surface area (Å²) in [5.41, 5.74) is 10.9. The van der Waals surface area contributed by atoms with Crippen LogP contribution in [0, 0.1) is 13.8 Å². The summed E-state index contributed by atoms with van der Waals surface area (Å²) in [4.78, 5) is 15.0. The number of anilines is 1. The second kappa shape index (κ2) is 8.31. The number of carbonyl (C=O) groups is 1. The van der Waals surface area contributed by atoms with E-state index in [1.54, 1.807) is 6.21 Å². The number of nitrogens with one attached hydrogen (secondary N) is 1. The Bertz CT molecular complexity index is 1300. The van der Waals surface area contributed by atoms with E-state index in [9.17, 15) is 4.79 Å². The summed E-state index contributed by atoms with van der Waals surface area (Å²) in [6.45, 7) is 6.22. The lowest BCUT2D eigenvalue weighted by atomic mass is 10.0. The van der Waals surface area contributed by atoms with Crippen molar-refractivity contribution in [2.75, 3.05) is 4.90 Å². The zero-order valence-corrected chi connectivity index (χ0v) is 18.3. The minimum absolute atomic E-state index is 0.213. The van der Waals surface area contributed by atoms with E-state index < -0.39 is 0 Å². The molecular formula is C28H25N3O. The predicted octanol–water partition coefficient (Wildman–Crippen LogP) is 5.74. The molecule has 4 heteroatoms. The van der Waals surface area contributed by atoms with Crippen molar-refractivity contribution in [2.24, 2.45) is 5.10 Å². The van der Waals surface area contributed by atoms with E-state index in [-0.39, 0.29) is 5.91 Å². The van der Waals surface area contributed by atoms with E-state index >= 15 is 0 Å². The van der Waals surface area contributed by atoms with Crippen LogP contribution < -0.4 is 10.3 Å². The summed E-state index contributed by atoms with van der Waals surface area (Å²) in [5.74, 6) is -0.213. The molecule has 158 valence electrons. The van der Waals surface area contributed by atoms with Crippen LogP contribution in [0.4, 0.5) is 5.69 Å². The number of rotatable bonds is 4. The van der Waals surface area contributed by atoms with Gasteiger partial charge in [0, 0.05) is 24.3 Å². The number of nitrogens with zero attached hydrogens (tertiary/aromatic N) is 2. The van der Waals surface area contributed by atoms with Crippen LogP contribution in [0.2, 0.25) is 0 Å². The molecule has 0 saturated heterocycles. The Balaban J connectivity index is 1.25. The van der Waals surface area contributed by atoms with Gasteiger partial charge in [-0.15, -0.1) is 0 Å². The molecule has 0 aliphatic carbocycles. The number of hydrogen-bond acceptors (Lipinski definition) is 3. The number of hydrazone groups is 1. The Hall–Kier alpha value is -3.92. The molecule has 0 fully saturated rings. The Morgan fingerprint density at radius 3 is 2.25 bits per heavy atom. The van der Waals surface area contributed by atoms with Gasteiger partial charge in [-0.05, 0) is 70.6 Å². The third-order valence-corrected chi connectivity index (χ3v) is 6.21. The summed E-state index contributed by atoms with van der Waals surface area (Å²) in [5, 5.41) is 6.12. The van der Waals surface area contributed by atoms with E-state index in [1.807, 2.05) is 54.6 Å². The van der Waals surface area contributed by atoms with E-state index in [0.717, 1.165) is 29.4 Å². The molecule has 0 unspecified atom stereocenters. The van der Waals surface area contributed by atoms with Crippen molar-refractivity contribution >= 4 is 28.6 Å². The van der Waals surface area contributed by atoms with Crippen molar-refractivity contribution < 1.29 is 4.79 Å². The Morgan fingerprint density at radius 1 is 0.875 bits per heavy atom. The molecule has 0 radical (unpaired) electrons. The lowest BCUT2D eigenvalue weighted by Crippen LogP contribution is -2.18. The van der Waals surface area contributed by atoms with Gasteiger partial charge in [0.2, 0.25) is 0 Å². The summed E-state index contributed by atoms with van der Waals surface area (Å²) >= 11 is 0. The van der Waals surface area contributed by atoms with Crippen molar-refractivity contribution in [1.82, 2.24) is 5.43 Å². The Morgan fingerprint density at radius 2 is 1.53 bits per heavy atom. The fourth-order valence-electron chi connectivity index (χ4n) is 4.30. The molecule has 1 aliphatic rings. The number of aryl methyl sites for hydroxylation is 2. The van der Waals surface area contributed by atoms with Crippen LogP contribution in [0.3, 0.4) is 0 Å². The van der Waals surface area contributed by atoms with Crippen LogP contribution in [-0.2, 0) is 13.1 Å². The third kappa shape index (κ3) is 3.87. The van der Waals surface area contributed by atoms with Gasteiger partial charge in [-0.2, -0.15) is 5.10 Å². The second-order valence-electron chi connectivity index (χ2n) is 8.38. The zero-order chi connectivity index (χ0) is 22.1. The van der Waals surface area contributed by atoms with E-state index in [4.69, 9.17) is 0 Å². The van der Waals surface area contributed by atoms with Crippen LogP contribution >= 0.6 is 0 Å². The maximum atomic E-state index is 12.6. The molecule has 1 heterocycles. The van der Waals surface area contributed by atoms with E-state index in [0.29, 0.717) is 5.56 Å². The van der Waals surface area contributed by atoms with Gasteiger partial charge < -0.3 is 4.90 Å². The molecule has 32 heavy (non-hydrogen) atoms. The molecule has 0 saturated carbocycles. The highest BCUT2D eigenvalue weighted by molar-refractivity contribution is 6.07. The van der Waals surface area contributed by atoms with Crippen LogP contribution in [0.15, 0.2) is 84.0 Å². The highest BCUT2D eigenvalue weighted by Crippen LogP contribution is 2.30. The van der Waals surface area contributed by atoms with Gasteiger partial charge >= 0.3 is 0 Å². The first-order chi connectivity index (χ1) is 15.6. The first-order valence-electron chi connectivity index (χ1n) is 10.8. The lowest BCUT2D eigenvalue weighted by molar-refractivity contribution is 0.0957.